The van der Waals surface area contributed by atoms with Crippen LogP contribution in [0.4, 0.5) is 5.13 Å². The van der Waals surface area contributed by atoms with Gasteiger partial charge in [-0.2, -0.15) is 0 Å². The summed E-state index contributed by atoms with van der Waals surface area (Å²) in [5, 5.41) is 0.603. The summed E-state index contributed by atoms with van der Waals surface area (Å²) < 4.78 is 1.12. The molecule has 0 saturated heterocycles. The average molecular weight is 227 g/mol. The van der Waals surface area contributed by atoms with E-state index in [0.717, 1.165) is 21.3 Å². The van der Waals surface area contributed by atoms with Crippen LogP contribution in [0, 0.1) is 0 Å². The minimum absolute atomic E-state index is 0.603. The summed E-state index contributed by atoms with van der Waals surface area (Å²) in [7, 11) is 0. The lowest BCUT2D eigenvalue weighted by Gasteiger charge is -2.00. The molecule has 0 fully saturated rings. The van der Waals surface area contributed by atoms with Crippen molar-refractivity contribution >= 4 is 26.7 Å². The smallest absolute Gasteiger partial charge is 0.181 e. The van der Waals surface area contributed by atoms with Gasteiger partial charge in [0.1, 0.15) is 0 Å². The Balaban J connectivity index is 2.31. The van der Waals surface area contributed by atoms with E-state index in [2.05, 4.69) is 16.0 Å². The number of rotatable bonds is 1. The highest BCUT2D eigenvalue weighted by Crippen LogP contribution is 2.33. The van der Waals surface area contributed by atoms with Gasteiger partial charge in [-0.3, -0.25) is 4.98 Å². The summed E-state index contributed by atoms with van der Waals surface area (Å²) in [5.41, 5.74) is 8.91. The maximum atomic E-state index is 5.73. The lowest BCUT2D eigenvalue weighted by molar-refractivity contribution is 1.33. The molecule has 0 bridgehead atoms. The average Bonchev–Trinajstić information content (AvgIpc) is 2.70. The minimum atomic E-state index is 0.603. The van der Waals surface area contributed by atoms with E-state index >= 15 is 0 Å². The van der Waals surface area contributed by atoms with Crippen LogP contribution in [0.15, 0.2) is 42.7 Å². The van der Waals surface area contributed by atoms with Gasteiger partial charge >= 0.3 is 0 Å². The Morgan fingerprint density at radius 3 is 2.88 bits per heavy atom. The first-order chi connectivity index (χ1) is 7.84. The molecule has 4 heteroatoms. The van der Waals surface area contributed by atoms with Crippen molar-refractivity contribution < 1.29 is 0 Å². The van der Waals surface area contributed by atoms with E-state index in [1.807, 2.05) is 30.5 Å². The van der Waals surface area contributed by atoms with Crippen LogP contribution in [-0.2, 0) is 0 Å². The SMILES string of the molecule is Nc1nc2cccc(-c3cccnc3)c2s1. The minimum Gasteiger partial charge on any atom is -0.375 e. The summed E-state index contributed by atoms with van der Waals surface area (Å²) in [5.74, 6) is 0. The molecule has 16 heavy (non-hydrogen) atoms. The number of hydrogen-bond acceptors (Lipinski definition) is 4. The van der Waals surface area contributed by atoms with Crippen LogP contribution in [0.2, 0.25) is 0 Å². The number of nitrogens with zero attached hydrogens (tertiary/aromatic N) is 2. The molecular weight excluding hydrogens is 218 g/mol. The van der Waals surface area contributed by atoms with Gasteiger partial charge in [0.15, 0.2) is 5.13 Å². The van der Waals surface area contributed by atoms with Crippen molar-refractivity contribution in [1.29, 1.82) is 0 Å². The fourth-order valence-corrected chi connectivity index (χ4v) is 2.58. The van der Waals surface area contributed by atoms with Gasteiger partial charge in [-0.05, 0) is 12.1 Å². The Bertz CT molecular complexity index is 631. The van der Waals surface area contributed by atoms with Crippen molar-refractivity contribution in [2.24, 2.45) is 0 Å². The van der Waals surface area contributed by atoms with E-state index in [1.54, 1.807) is 6.20 Å². The van der Waals surface area contributed by atoms with E-state index in [9.17, 15) is 0 Å². The van der Waals surface area contributed by atoms with Crippen molar-refractivity contribution in [3.05, 3.63) is 42.7 Å². The maximum Gasteiger partial charge on any atom is 0.181 e. The quantitative estimate of drug-likeness (QED) is 0.695. The summed E-state index contributed by atoms with van der Waals surface area (Å²) in [6, 6.07) is 10.00. The van der Waals surface area contributed by atoms with Gasteiger partial charge < -0.3 is 5.73 Å². The zero-order valence-electron chi connectivity index (χ0n) is 8.42. The van der Waals surface area contributed by atoms with Gasteiger partial charge in [-0.15, -0.1) is 0 Å². The van der Waals surface area contributed by atoms with E-state index in [-0.39, 0.29) is 0 Å². The molecule has 0 atom stereocenters. The fraction of sp³-hybridized carbons (Fsp3) is 0. The summed E-state index contributed by atoms with van der Waals surface area (Å²) in [4.78, 5) is 8.40. The molecule has 0 amide bonds. The standard InChI is InChI=1S/C12H9N3S/c13-12-15-10-5-1-4-9(11(10)16-12)8-3-2-6-14-7-8/h1-7H,(H2,13,15). The number of nitrogen functional groups attached to an aromatic ring is 1. The van der Waals surface area contributed by atoms with Crippen LogP contribution in [0.5, 0.6) is 0 Å². The Kier molecular flexibility index (Phi) is 2.08. The number of hydrogen-bond donors (Lipinski definition) is 1. The van der Waals surface area contributed by atoms with Gasteiger partial charge in [0.05, 0.1) is 10.2 Å². The molecule has 2 N–H and O–H groups in total. The fourth-order valence-electron chi connectivity index (χ4n) is 1.72. The van der Waals surface area contributed by atoms with Crippen molar-refractivity contribution in [2.45, 2.75) is 0 Å². The molecule has 0 saturated carbocycles. The molecule has 0 radical (unpaired) electrons. The number of benzene rings is 1. The number of nitrogens with two attached hydrogens (primary N) is 1. The Morgan fingerprint density at radius 1 is 1.12 bits per heavy atom. The zero-order chi connectivity index (χ0) is 11.0. The van der Waals surface area contributed by atoms with Crippen molar-refractivity contribution in [3.63, 3.8) is 0 Å². The third-order valence-electron chi connectivity index (χ3n) is 2.40. The first kappa shape index (κ1) is 9.30. The van der Waals surface area contributed by atoms with Crippen molar-refractivity contribution in [3.8, 4) is 11.1 Å². The number of aromatic nitrogens is 2. The first-order valence-corrected chi connectivity index (χ1v) is 5.72. The molecule has 1 aromatic carbocycles. The summed E-state index contributed by atoms with van der Waals surface area (Å²) >= 11 is 1.51. The lowest BCUT2D eigenvalue weighted by Crippen LogP contribution is -1.80. The molecule has 0 unspecified atom stereocenters. The number of fused-ring (bicyclic) bond motifs is 1. The number of thiazole rings is 1. The molecule has 2 heterocycles. The second-order valence-corrected chi connectivity index (χ2v) is 4.48. The van der Waals surface area contributed by atoms with Crippen molar-refractivity contribution in [2.75, 3.05) is 5.73 Å². The largest absolute Gasteiger partial charge is 0.375 e. The first-order valence-electron chi connectivity index (χ1n) is 4.90. The third-order valence-corrected chi connectivity index (χ3v) is 3.34. The second-order valence-electron chi connectivity index (χ2n) is 3.45. The van der Waals surface area contributed by atoms with Crippen molar-refractivity contribution in [1.82, 2.24) is 9.97 Å². The number of anilines is 1. The van der Waals surface area contributed by atoms with Crippen LogP contribution in [0.1, 0.15) is 0 Å². The van der Waals surface area contributed by atoms with Crippen LogP contribution in [0.3, 0.4) is 0 Å². The topological polar surface area (TPSA) is 51.8 Å². The normalized spacial score (nSPS) is 10.8. The molecule has 0 aliphatic heterocycles. The van der Waals surface area contributed by atoms with Crippen LogP contribution >= 0.6 is 11.3 Å². The Labute approximate surface area is 96.6 Å². The molecule has 2 aromatic heterocycles. The molecule has 3 nitrogen and oxygen atoms in total. The van der Waals surface area contributed by atoms with E-state index in [1.165, 1.54) is 11.3 Å². The Morgan fingerprint density at radius 2 is 2.06 bits per heavy atom. The van der Waals surface area contributed by atoms with Gasteiger partial charge in [-0.1, -0.05) is 29.5 Å². The monoisotopic (exact) mass is 227 g/mol. The highest BCUT2D eigenvalue weighted by molar-refractivity contribution is 7.22. The molecule has 0 aliphatic rings. The van der Waals surface area contributed by atoms with Crippen LogP contribution in [-0.4, -0.2) is 9.97 Å². The predicted molar refractivity (Wildman–Crippen MR) is 67.3 cm³/mol. The molecule has 0 aliphatic carbocycles. The second kappa shape index (κ2) is 3.57. The Hall–Kier alpha value is -1.94. The van der Waals surface area contributed by atoms with Gasteiger partial charge in [0, 0.05) is 23.5 Å². The zero-order valence-corrected chi connectivity index (χ0v) is 9.24. The molecule has 78 valence electrons. The maximum absolute atomic E-state index is 5.73. The van der Waals surface area contributed by atoms with E-state index in [0.29, 0.717) is 5.13 Å². The molecule has 0 spiro atoms. The highest BCUT2D eigenvalue weighted by atomic mass is 32.1. The number of pyridine rings is 1. The van der Waals surface area contributed by atoms with Gasteiger partial charge in [-0.25, -0.2) is 4.98 Å². The summed E-state index contributed by atoms with van der Waals surface area (Å²) in [6.45, 7) is 0. The van der Waals surface area contributed by atoms with E-state index < -0.39 is 0 Å². The van der Waals surface area contributed by atoms with Crippen LogP contribution < -0.4 is 5.73 Å². The highest BCUT2D eigenvalue weighted by Gasteiger charge is 2.07. The van der Waals surface area contributed by atoms with E-state index in [4.69, 9.17) is 5.73 Å². The molecular formula is C12H9N3S. The van der Waals surface area contributed by atoms with Gasteiger partial charge in [0.2, 0.25) is 0 Å². The third kappa shape index (κ3) is 1.44. The lowest BCUT2D eigenvalue weighted by atomic mass is 10.1. The molecule has 3 aromatic rings. The predicted octanol–water partition coefficient (Wildman–Crippen LogP) is 2.94. The summed E-state index contributed by atoms with van der Waals surface area (Å²) in [6.07, 6.45) is 3.62. The molecule has 3 rings (SSSR count). The van der Waals surface area contributed by atoms with Gasteiger partial charge in [0.25, 0.3) is 0 Å². The van der Waals surface area contributed by atoms with Crippen LogP contribution in [0.25, 0.3) is 21.3 Å².